The number of rotatable bonds is 6. The Morgan fingerprint density at radius 1 is 1.29 bits per heavy atom. The molecule has 0 saturated carbocycles. The number of hydrogen-bond acceptors (Lipinski definition) is 7. The van der Waals surface area contributed by atoms with Crippen molar-refractivity contribution in [3.63, 3.8) is 0 Å². The molecule has 1 fully saturated rings. The number of oxazole rings is 1. The van der Waals surface area contributed by atoms with Crippen molar-refractivity contribution in [2.45, 2.75) is 39.0 Å². The molecule has 3 N–H and O–H groups in total. The summed E-state index contributed by atoms with van der Waals surface area (Å²) in [6, 6.07) is 6.94. The number of aryl methyl sites for hydroxylation is 1. The van der Waals surface area contributed by atoms with Gasteiger partial charge in [-0.05, 0) is 56.0 Å². The number of pyridine rings is 1. The maximum atomic E-state index is 12.3. The Balaban J connectivity index is 1.19. The number of halogens is 1. The minimum Gasteiger partial charge on any atom is -0.443 e. The fraction of sp³-hybridized carbons (Fsp3) is 0.304. The summed E-state index contributed by atoms with van der Waals surface area (Å²) < 4.78 is 13.1. The summed E-state index contributed by atoms with van der Waals surface area (Å²) in [7, 11) is 0. The van der Waals surface area contributed by atoms with E-state index in [0.29, 0.717) is 28.8 Å². The molecule has 4 aromatic rings. The Bertz CT molecular complexity index is 1310. The number of benzene rings is 1. The van der Waals surface area contributed by atoms with E-state index in [1.54, 1.807) is 24.7 Å². The van der Waals surface area contributed by atoms with Crippen LogP contribution in [0.15, 0.2) is 47.3 Å². The number of ether oxygens (including phenoxy) is 1. The van der Waals surface area contributed by atoms with Gasteiger partial charge < -0.3 is 14.5 Å². The van der Waals surface area contributed by atoms with Crippen LogP contribution in [0.1, 0.15) is 36.7 Å². The predicted molar refractivity (Wildman–Crippen MR) is 127 cm³/mol. The Kier molecular flexibility index (Phi) is 6.33. The van der Waals surface area contributed by atoms with Crippen molar-refractivity contribution in [2.24, 2.45) is 0 Å². The SMILES string of the molecule is Cc1coc(-c2cc(CNC(=O)NNc3ccc4c(cnn4C4CCCCO4)c3Cl)ccn2)n1. The molecule has 4 heterocycles. The Morgan fingerprint density at radius 2 is 2.21 bits per heavy atom. The number of fused-ring (bicyclic) bond motifs is 1. The second kappa shape index (κ2) is 9.70. The van der Waals surface area contributed by atoms with E-state index >= 15 is 0 Å². The quantitative estimate of drug-likeness (QED) is 0.345. The molecule has 0 aliphatic carbocycles. The van der Waals surface area contributed by atoms with Gasteiger partial charge in [0.05, 0.1) is 28.1 Å². The highest BCUT2D eigenvalue weighted by molar-refractivity contribution is 6.38. The first-order chi connectivity index (χ1) is 16.6. The molecule has 1 aliphatic rings. The normalized spacial score (nSPS) is 15.9. The van der Waals surface area contributed by atoms with Crippen molar-refractivity contribution < 1.29 is 13.9 Å². The standard InChI is InChI=1S/C23H24ClN7O3/c1-14-13-34-22(28-14)18-10-15(7-8-25-18)11-26-23(32)30-29-17-5-6-19-16(21(17)24)12-27-31(19)20-4-2-3-9-33-20/h5-8,10,12-13,20,29H,2-4,9,11H2,1H3,(H2,26,30,32). The first kappa shape index (κ1) is 22.2. The van der Waals surface area contributed by atoms with E-state index in [9.17, 15) is 4.79 Å². The van der Waals surface area contributed by atoms with Crippen LogP contribution in [0.4, 0.5) is 10.5 Å². The van der Waals surface area contributed by atoms with Crippen molar-refractivity contribution in [3.05, 3.63) is 59.2 Å². The van der Waals surface area contributed by atoms with E-state index in [-0.39, 0.29) is 6.23 Å². The number of carbonyl (C=O) groups excluding carboxylic acids is 1. The zero-order valence-corrected chi connectivity index (χ0v) is 19.3. The maximum absolute atomic E-state index is 12.3. The summed E-state index contributed by atoms with van der Waals surface area (Å²) in [4.78, 5) is 20.9. The molecule has 1 aliphatic heterocycles. The Morgan fingerprint density at radius 3 is 3.00 bits per heavy atom. The first-order valence-electron chi connectivity index (χ1n) is 11.0. The van der Waals surface area contributed by atoms with Crippen LogP contribution in [-0.4, -0.2) is 32.4 Å². The lowest BCUT2D eigenvalue weighted by atomic mass is 10.2. The molecule has 1 saturated heterocycles. The third kappa shape index (κ3) is 4.68. The molecule has 5 rings (SSSR count). The number of hydrazine groups is 1. The minimum atomic E-state index is -0.409. The van der Waals surface area contributed by atoms with Crippen LogP contribution in [0.3, 0.4) is 0 Å². The molecule has 34 heavy (non-hydrogen) atoms. The largest absolute Gasteiger partial charge is 0.443 e. The molecule has 2 amide bonds. The van der Waals surface area contributed by atoms with E-state index in [1.165, 1.54) is 0 Å². The van der Waals surface area contributed by atoms with Crippen LogP contribution >= 0.6 is 11.6 Å². The molecule has 0 spiro atoms. The number of amides is 2. The molecule has 0 bridgehead atoms. The monoisotopic (exact) mass is 481 g/mol. The zero-order valence-electron chi connectivity index (χ0n) is 18.5. The number of carbonyl (C=O) groups is 1. The summed E-state index contributed by atoms with van der Waals surface area (Å²) >= 11 is 6.58. The van der Waals surface area contributed by atoms with Gasteiger partial charge in [0.25, 0.3) is 0 Å². The van der Waals surface area contributed by atoms with Gasteiger partial charge in [0.1, 0.15) is 12.0 Å². The van der Waals surface area contributed by atoms with E-state index in [2.05, 4.69) is 31.2 Å². The van der Waals surface area contributed by atoms with Gasteiger partial charge in [0, 0.05) is 24.7 Å². The van der Waals surface area contributed by atoms with Crippen molar-refractivity contribution >= 4 is 34.2 Å². The van der Waals surface area contributed by atoms with Crippen molar-refractivity contribution in [1.82, 2.24) is 30.5 Å². The average molecular weight is 482 g/mol. The van der Waals surface area contributed by atoms with Gasteiger partial charge in [-0.1, -0.05) is 11.6 Å². The number of nitrogens with one attached hydrogen (secondary N) is 3. The fourth-order valence-electron chi connectivity index (χ4n) is 3.85. The first-order valence-corrected chi connectivity index (χ1v) is 11.4. The van der Waals surface area contributed by atoms with Gasteiger partial charge in [-0.3, -0.25) is 15.8 Å². The molecule has 176 valence electrons. The predicted octanol–water partition coefficient (Wildman–Crippen LogP) is 4.57. The summed E-state index contributed by atoms with van der Waals surface area (Å²) in [6.45, 7) is 2.87. The summed E-state index contributed by atoms with van der Waals surface area (Å²) in [6.07, 6.45) is 7.96. The third-order valence-corrected chi connectivity index (χ3v) is 5.98. The summed E-state index contributed by atoms with van der Waals surface area (Å²) in [5, 5.41) is 8.52. The number of urea groups is 1. The number of aromatic nitrogens is 4. The lowest BCUT2D eigenvalue weighted by Crippen LogP contribution is -2.38. The van der Waals surface area contributed by atoms with Gasteiger partial charge in [0.2, 0.25) is 5.89 Å². The van der Waals surface area contributed by atoms with Crippen LogP contribution in [0, 0.1) is 6.92 Å². The number of hydrogen-bond donors (Lipinski definition) is 3. The van der Waals surface area contributed by atoms with E-state index in [1.807, 2.05) is 29.8 Å². The molecule has 1 atom stereocenters. The third-order valence-electron chi connectivity index (χ3n) is 5.57. The summed E-state index contributed by atoms with van der Waals surface area (Å²) in [5.74, 6) is 0.439. The molecular weight excluding hydrogens is 458 g/mol. The number of anilines is 1. The van der Waals surface area contributed by atoms with Crippen LogP contribution in [-0.2, 0) is 11.3 Å². The highest BCUT2D eigenvalue weighted by Crippen LogP contribution is 2.33. The minimum absolute atomic E-state index is 0.0775. The Hall–Kier alpha value is -3.63. The zero-order chi connectivity index (χ0) is 23.5. The van der Waals surface area contributed by atoms with Crippen LogP contribution < -0.4 is 16.2 Å². The van der Waals surface area contributed by atoms with E-state index in [0.717, 1.165) is 48.0 Å². The van der Waals surface area contributed by atoms with Crippen LogP contribution in [0.2, 0.25) is 5.02 Å². The van der Waals surface area contributed by atoms with Crippen LogP contribution in [0.25, 0.3) is 22.5 Å². The highest BCUT2D eigenvalue weighted by atomic mass is 35.5. The molecule has 3 aromatic heterocycles. The molecule has 1 unspecified atom stereocenters. The van der Waals surface area contributed by atoms with Crippen LogP contribution in [0.5, 0.6) is 0 Å². The Labute approximate surface area is 200 Å². The van der Waals surface area contributed by atoms with Gasteiger partial charge in [0.15, 0.2) is 6.23 Å². The highest BCUT2D eigenvalue weighted by Gasteiger charge is 2.20. The molecule has 0 radical (unpaired) electrons. The maximum Gasteiger partial charge on any atom is 0.333 e. The van der Waals surface area contributed by atoms with Gasteiger partial charge in [-0.25, -0.2) is 14.5 Å². The molecular formula is C23H24ClN7O3. The van der Waals surface area contributed by atoms with Crippen molar-refractivity contribution in [1.29, 1.82) is 0 Å². The number of nitrogens with zero attached hydrogens (tertiary/aromatic N) is 4. The van der Waals surface area contributed by atoms with Crippen molar-refractivity contribution in [2.75, 3.05) is 12.0 Å². The van der Waals surface area contributed by atoms with Gasteiger partial charge in [-0.15, -0.1) is 0 Å². The van der Waals surface area contributed by atoms with Crippen molar-refractivity contribution in [3.8, 4) is 11.6 Å². The molecule has 10 nitrogen and oxygen atoms in total. The molecule has 1 aromatic carbocycles. The topological polar surface area (TPSA) is 119 Å². The van der Waals surface area contributed by atoms with Gasteiger partial charge in [-0.2, -0.15) is 5.10 Å². The second-order valence-corrected chi connectivity index (χ2v) is 8.42. The van der Waals surface area contributed by atoms with E-state index < -0.39 is 6.03 Å². The smallest absolute Gasteiger partial charge is 0.333 e. The lowest BCUT2D eigenvalue weighted by Gasteiger charge is -2.23. The molecule has 11 heteroatoms. The van der Waals surface area contributed by atoms with Gasteiger partial charge >= 0.3 is 6.03 Å². The second-order valence-electron chi connectivity index (χ2n) is 8.05. The summed E-state index contributed by atoms with van der Waals surface area (Å²) in [5.41, 5.74) is 9.17. The van der Waals surface area contributed by atoms with E-state index in [4.69, 9.17) is 20.8 Å². The lowest BCUT2D eigenvalue weighted by molar-refractivity contribution is -0.0366. The average Bonchev–Trinajstić information content (AvgIpc) is 3.50. The fourth-order valence-corrected chi connectivity index (χ4v) is 4.11.